The van der Waals surface area contributed by atoms with Crippen LogP contribution >= 0.6 is 24.8 Å². The molecule has 0 amide bonds. The summed E-state index contributed by atoms with van der Waals surface area (Å²) in [7, 11) is 0. The third-order valence-corrected chi connectivity index (χ3v) is 4.88. The molecule has 0 atom stereocenters. The number of rotatable bonds is 1. The molecule has 0 spiro atoms. The molecule has 0 N–H and O–H groups in total. The summed E-state index contributed by atoms with van der Waals surface area (Å²) >= 11 is 1.69. The van der Waals surface area contributed by atoms with Gasteiger partial charge in [0.25, 0.3) is 0 Å². The van der Waals surface area contributed by atoms with Crippen LogP contribution in [0.2, 0.25) is 0 Å². The Hall–Kier alpha value is 0.293. The molecular formula is C17H23Cl2Zr-. The Balaban J connectivity index is 0.000000356. The van der Waals surface area contributed by atoms with Gasteiger partial charge in [0.05, 0.1) is 0 Å². The van der Waals surface area contributed by atoms with E-state index in [1.165, 1.54) is 48.8 Å². The van der Waals surface area contributed by atoms with Gasteiger partial charge in [-0.1, -0.05) is 25.2 Å². The first-order valence-electron chi connectivity index (χ1n) is 6.97. The fraction of sp³-hybridized carbons (Fsp3) is 0.471. The van der Waals surface area contributed by atoms with Gasteiger partial charge in [-0.05, 0) is 6.42 Å². The van der Waals surface area contributed by atoms with Crippen LogP contribution in [0.15, 0.2) is 41.0 Å². The molecule has 0 unspecified atom stereocenters. The van der Waals surface area contributed by atoms with Gasteiger partial charge in [-0.3, -0.25) is 6.08 Å². The van der Waals surface area contributed by atoms with Crippen LogP contribution < -0.4 is 0 Å². The first kappa shape index (κ1) is 20.3. The van der Waals surface area contributed by atoms with E-state index in [1.807, 2.05) is 0 Å². The van der Waals surface area contributed by atoms with E-state index in [-0.39, 0.29) is 24.8 Å². The Morgan fingerprint density at radius 1 is 1.10 bits per heavy atom. The van der Waals surface area contributed by atoms with Crippen molar-refractivity contribution in [3.05, 3.63) is 47.1 Å². The summed E-state index contributed by atoms with van der Waals surface area (Å²) in [6.07, 6.45) is 21.5. The SMILES string of the molecule is CC1=[C-]CC=C1C1=CC=CC1.Cl.Cl.[Zr]=[C]1CCCCC1. The Bertz CT molecular complexity index is 434. The van der Waals surface area contributed by atoms with Crippen LogP contribution in [-0.2, 0) is 24.2 Å². The minimum absolute atomic E-state index is 0. The Labute approximate surface area is 150 Å². The molecule has 0 aliphatic heterocycles. The molecule has 1 fully saturated rings. The van der Waals surface area contributed by atoms with E-state index >= 15 is 0 Å². The van der Waals surface area contributed by atoms with Crippen molar-refractivity contribution in [3.63, 3.8) is 0 Å². The molecule has 0 bridgehead atoms. The fourth-order valence-corrected chi connectivity index (χ4v) is 3.42. The van der Waals surface area contributed by atoms with Crippen LogP contribution in [0.25, 0.3) is 0 Å². The zero-order valence-corrected chi connectivity index (χ0v) is 16.2. The van der Waals surface area contributed by atoms with E-state index < -0.39 is 0 Å². The zero-order chi connectivity index (χ0) is 12.8. The second-order valence-corrected chi connectivity index (χ2v) is 6.85. The monoisotopic (exact) mass is 387 g/mol. The van der Waals surface area contributed by atoms with Crippen molar-refractivity contribution >= 4 is 28.0 Å². The van der Waals surface area contributed by atoms with Crippen molar-refractivity contribution in [1.29, 1.82) is 0 Å². The molecule has 3 aliphatic rings. The second-order valence-electron chi connectivity index (χ2n) is 5.11. The molecule has 3 aliphatic carbocycles. The molecule has 3 heteroatoms. The van der Waals surface area contributed by atoms with E-state index in [2.05, 4.69) is 37.3 Å². The second kappa shape index (κ2) is 10.9. The van der Waals surface area contributed by atoms with E-state index in [9.17, 15) is 0 Å². The molecular weight excluding hydrogens is 366 g/mol. The van der Waals surface area contributed by atoms with Crippen molar-refractivity contribution in [2.45, 2.75) is 51.9 Å². The molecule has 1 saturated carbocycles. The topological polar surface area (TPSA) is 0 Å². The molecule has 0 radical (unpaired) electrons. The van der Waals surface area contributed by atoms with Crippen LogP contribution in [0.4, 0.5) is 0 Å². The number of allylic oxidation sites excluding steroid dienone is 8. The van der Waals surface area contributed by atoms with Crippen LogP contribution in [0.1, 0.15) is 51.9 Å². The molecule has 110 valence electrons. The molecule has 0 nitrogen and oxygen atoms in total. The molecule has 3 rings (SSSR count). The van der Waals surface area contributed by atoms with Crippen molar-refractivity contribution in [3.8, 4) is 0 Å². The quantitative estimate of drug-likeness (QED) is 0.522. The molecule has 20 heavy (non-hydrogen) atoms. The summed E-state index contributed by atoms with van der Waals surface area (Å²) in [5, 5.41) is 0. The van der Waals surface area contributed by atoms with Gasteiger partial charge in [-0.15, -0.1) is 36.8 Å². The minimum atomic E-state index is 0. The van der Waals surface area contributed by atoms with Gasteiger partial charge in [0, 0.05) is 0 Å². The van der Waals surface area contributed by atoms with Crippen molar-refractivity contribution in [2.24, 2.45) is 0 Å². The third-order valence-electron chi connectivity index (χ3n) is 3.65. The molecule has 0 aromatic rings. The van der Waals surface area contributed by atoms with Crippen LogP contribution in [0, 0.1) is 6.08 Å². The first-order valence-corrected chi connectivity index (χ1v) is 8.20. The Morgan fingerprint density at radius 2 is 1.80 bits per heavy atom. The predicted molar refractivity (Wildman–Crippen MR) is 89.6 cm³/mol. The molecule has 0 aromatic heterocycles. The normalized spacial score (nSPS) is 19.8. The zero-order valence-electron chi connectivity index (χ0n) is 12.1. The summed E-state index contributed by atoms with van der Waals surface area (Å²) in [5.74, 6) is 0. The maximum atomic E-state index is 3.30. The van der Waals surface area contributed by atoms with E-state index in [1.54, 1.807) is 27.4 Å². The number of hydrogen-bond donors (Lipinski definition) is 0. The average Bonchev–Trinajstić information content (AvgIpc) is 3.01. The van der Waals surface area contributed by atoms with E-state index in [0.717, 1.165) is 12.8 Å². The van der Waals surface area contributed by atoms with Gasteiger partial charge >= 0.3 is 59.5 Å². The third kappa shape index (κ3) is 6.38. The predicted octanol–water partition coefficient (Wildman–Crippen LogP) is 5.47. The standard InChI is InChI=1S/C11H11.C6H10.2ClH.Zr/c1-9-5-4-8-11(9)10-6-2-3-7-10;1-2-4-6-5-3-1;;;/h2-3,6,8H,4,7H2,1H3;1-5H2;2*1H;/q-1;;;;. The molecule has 0 heterocycles. The maximum absolute atomic E-state index is 3.30. The number of halogens is 2. The van der Waals surface area contributed by atoms with Crippen LogP contribution in [-0.4, -0.2) is 3.21 Å². The molecule has 0 saturated heterocycles. The Morgan fingerprint density at radius 3 is 2.20 bits per heavy atom. The van der Waals surface area contributed by atoms with Gasteiger partial charge < -0.3 is 0 Å². The van der Waals surface area contributed by atoms with E-state index in [4.69, 9.17) is 0 Å². The van der Waals surface area contributed by atoms with E-state index in [0.29, 0.717) is 0 Å². The van der Waals surface area contributed by atoms with Gasteiger partial charge in [-0.2, -0.15) is 11.6 Å². The van der Waals surface area contributed by atoms with Crippen LogP contribution in [0.3, 0.4) is 0 Å². The van der Waals surface area contributed by atoms with Gasteiger partial charge in [-0.25, -0.2) is 5.57 Å². The van der Waals surface area contributed by atoms with Gasteiger partial charge in [0.1, 0.15) is 0 Å². The Kier molecular flexibility index (Phi) is 11.1. The van der Waals surface area contributed by atoms with Gasteiger partial charge in [0.15, 0.2) is 0 Å². The van der Waals surface area contributed by atoms with Crippen molar-refractivity contribution < 1.29 is 24.2 Å². The first-order chi connectivity index (χ1) is 8.77. The average molecular weight is 390 g/mol. The summed E-state index contributed by atoms with van der Waals surface area (Å²) in [6.45, 7) is 2.14. The summed E-state index contributed by atoms with van der Waals surface area (Å²) in [4.78, 5) is 0. The van der Waals surface area contributed by atoms with Crippen LogP contribution in [0.5, 0.6) is 0 Å². The summed E-state index contributed by atoms with van der Waals surface area (Å²) in [5.41, 5.74) is 4.18. The molecule has 0 aromatic carbocycles. The van der Waals surface area contributed by atoms with Gasteiger partial charge in [0.2, 0.25) is 0 Å². The van der Waals surface area contributed by atoms with Crippen molar-refractivity contribution in [1.82, 2.24) is 0 Å². The van der Waals surface area contributed by atoms with Crippen molar-refractivity contribution in [2.75, 3.05) is 0 Å². The number of hydrogen-bond acceptors (Lipinski definition) is 0. The summed E-state index contributed by atoms with van der Waals surface area (Å²) in [6, 6.07) is 0. The summed E-state index contributed by atoms with van der Waals surface area (Å²) < 4.78 is 1.80. The fourth-order valence-electron chi connectivity index (χ4n) is 2.55.